The van der Waals surface area contributed by atoms with E-state index in [9.17, 15) is 4.79 Å². The molecule has 0 aromatic carbocycles. The van der Waals surface area contributed by atoms with E-state index in [-0.39, 0.29) is 5.97 Å². The molecule has 0 aromatic heterocycles. The van der Waals surface area contributed by atoms with Gasteiger partial charge in [0.2, 0.25) is 0 Å². The van der Waals surface area contributed by atoms with Crippen LogP contribution in [-0.2, 0) is 9.63 Å². The van der Waals surface area contributed by atoms with E-state index in [1.165, 1.54) is 0 Å². The van der Waals surface area contributed by atoms with Gasteiger partial charge in [-0.25, -0.2) is 0 Å². The zero-order valence-corrected chi connectivity index (χ0v) is 6.22. The standard InChI is InChI=1S/C6H14N2O2/c1-2-8-10-6(9)4-3-5-7/h8H,2-5,7H2,1H3. The average Bonchev–Trinajstić information content (AvgIpc) is 1.97. The highest BCUT2D eigenvalue weighted by Crippen LogP contribution is 1.87. The summed E-state index contributed by atoms with van der Waals surface area (Å²) in [6.07, 6.45) is 1.08. The van der Waals surface area contributed by atoms with Gasteiger partial charge in [0.05, 0.1) is 0 Å². The van der Waals surface area contributed by atoms with Crippen LogP contribution in [0.25, 0.3) is 0 Å². The Bertz CT molecular complexity index is 85.7. The van der Waals surface area contributed by atoms with Gasteiger partial charge in [-0.1, -0.05) is 0 Å². The van der Waals surface area contributed by atoms with Crippen LogP contribution in [0.4, 0.5) is 0 Å². The molecule has 0 aliphatic carbocycles. The van der Waals surface area contributed by atoms with Gasteiger partial charge in [0.1, 0.15) is 0 Å². The van der Waals surface area contributed by atoms with Crippen LogP contribution in [0.1, 0.15) is 19.8 Å². The number of hydroxylamine groups is 1. The Balaban J connectivity index is 3.09. The van der Waals surface area contributed by atoms with Gasteiger partial charge in [-0.15, -0.1) is 0 Å². The van der Waals surface area contributed by atoms with Gasteiger partial charge in [-0.3, -0.25) is 4.79 Å². The Kier molecular flexibility index (Phi) is 6.11. The van der Waals surface area contributed by atoms with Crippen molar-refractivity contribution in [3.05, 3.63) is 0 Å². The second-order valence-electron chi connectivity index (χ2n) is 1.86. The number of rotatable bonds is 5. The SMILES string of the molecule is CCNOC(=O)CCCN. The normalized spacial score (nSPS) is 9.40. The van der Waals surface area contributed by atoms with Crippen molar-refractivity contribution in [1.82, 2.24) is 5.48 Å². The Hall–Kier alpha value is -0.610. The van der Waals surface area contributed by atoms with E-state index < -0.39 is 0 Å². The maximum Gasteiger partial charge on any atom is 0.324 e. The first-order valence-electron chi connectivity index (χ1n) is 3.43. The van der Waals surface area contributed by atoms with Crippen LogP contribution >= 0.6 is 0 Å². The van der Waals surface area contributed by atoms with Crippen LogP contribution in [0.2, 0.25) is 0 Å². The van der Waals surface area contributed by atoms with E-state index in [2.05, 4.69) is 10.3 Å². The van der Waals surface area contributed by atoms with Crippen molar-refractivity contribution in [3.8, 4) is 0 Å². The van der Waals surface area contributed by atoms with E-state index in [0.29, 0.717) is 25.9 Å². The lowest BCUT2D eigenvalue weighted by Gasteiger charge is -2.00. The number of nitrogens with one attached hydrogen (secondary N) is 1. The van der Waals surface area contributed by atoms with Crippen LogP contribution < -0.4 is 11.2 Å². The number of nitrogens with two attached hydrogens (primary N) is 1. The predicted molar refractivity (Wildman–Crippen MR) is 38.1 cm³/mol. The minimum absolute atomic E-state index is 0.243. The van der Waals surface area contributed by atoms with Gasteiger partial charge >= 0.3 is 5.97 Å². The molecule has 0 heterocycles. The van der Waals surface area contributed by atoms with Gasteiger partial charge in [-0.2, -0.15) is 5.48 Å². The molecular weight excluding hydrogens is 132 g/mol. The molecule has 0 spiro atoms. The number of hydrogen-bond acceptors (Lipinski definition) is 4. The first-order valence-corrected chi connectivity index (χ1v) is 3.43. The largest absolute Gasteiger partial charge is 0.371 e. The van der Waals surface area contributed by atoms with E-state index in [0.717, 1.165) is 0 Å². The first-order chi connectivity index (χ1) is 4.81. The molecule has 0 saturated carbocycles. The highest BCUT2D eigenvalue weighted by molar-refractivity contribution is 5.68. The van der Waals surface area contributed by atoms with Crippen LogP contribution in [-0.4, -0.2) is 19.1 Å². The first kappa shape index (κ1) is 9.39. The van der Waals surface area contributed by atoms with Crippen molar-refractivity contribution in [2.24, 2.45) is 5.73 Å². The summed E-state index contributed by atoms with van der Waals surface area (Å²) in [5.74, 6) is -0.243. The second-order valence-corrected chi connectivity index (χ2v) is 1.86. The third-order valence-corrected chi connectivity index (χ3v) is 0.915. The third-order valence-electron chi connectivity index (χ3n) is 0.915. The summed E-state index contributed by atoms with van der Waals surface area (Å²) in [5.41, 5.74) is 7.64. The Labute approximate surface area is 60.7 Å². The van der Waals surface area contributed by atoms with Gasteiger partial charge < -0.3 is 10.6 Å². The lowest BCUT2D eigenvalue weighted by atomic mass is 10.3. The van der Waals surface area contributed by atoms with Crippen molar-refractivity contribution >= 4 is 5.97 Å². The van der Waals surface area contributed by atoms with Crippen molar-refractivity contribution in [2.75, 3.05) is 13.1 Å². The Morgan fingerprint density at radius 3 is 2.90 bits per heavy atom. The van der Waals surface area contributed by atoms with Crippen LogP contribution in [0.15, 0.2) is 0 Å². The van der Waals surface area contributed by atoms with Crippen molar-refractivity contribution in [1.29, 1.82) is 0 Å². The fourth-order valence-corrected chi connectivity index (χ4v) is 0.450. The monoisotopic (exact) mass is 146 g/mol. The lowest BCUT2D eigenvalue weighted by molar-refractivity contribution is -0.150. The zero-order chi connectivity index (χ0) is 7.82. The molecule has 60 valence electrons. The maximum atomic E-state index is 10.6. The van der Waals surface area contributed by atoms with Crippen molar-refractivity contribution in [2.45, 2.75) is 19.8 Å². The van der Waals surface area contributed by atoms with Crippen LogP contribution in [0.3, 0.4) is 0 Å². The Morgan fingerprint density at radius 2 is 2.40 bits per heavy atom. The van der Waals surface area contributed by atoms with Crippen LogP contribution in [0, 0.1) is 0 Å². The number of carbonyl (C=O) groups is 1. The summed E-state index contributed by atoms with van der Waals surface area (Å²) in [4.78, 5) is 15.2. The minimum Gasteiger partial charge on any atom is -0.371 e. The molecule has 3 N–H and O–H groups in total. The molecule has 0 amide bonds. The molecule has 0 atom stereocenters. The fraction of sp³-hybridized carbons (Fsp3) is 0.833. The average molecular weight is 146 g/mol. The van der Waals surface area contributed by atoms with Crippen molar-refractivity contribution in [3.63, 3.8) is 0 Å². The van der Waals surface area contributed by atoms with E-state index in [1.807, 2.05) is 6.92 Å². The quantitative estimate of drug-likeness (QED) is 0.527. The predicted octanol–water partition coefficient (Wildman–Crippen LogP) is -0.207. The van der Waals surface area contributed by atoms with E-state index >= 15 is 0 Å². The highest BCUT2D eigenvalue weighted by Gasteiger charge is 1.99. The fourth-order valence-electron chi connectivity index (χ4n) is 0.450. The van der Waals surface area contributed by atoms with Gasteiger partial charge in [-0.05, 0) is 19.9 Å². The molecule has 0 unspecified atom stereocenters. The third kappa shape index (κ3) is 5.53. The molecule has 0 radical (unpaired) electrons. The lowest BCUT2D eigenvalue weighted by Crippen LogP contribution is -2.19. The summed E-state index contributed by atoms with van der Waals surface area (Å²) in [7, 11) is 0. The molecule has 4 heteroatoms. The molecule has 0 bridgehead atoms. The topological polar surface area (TPSA) is 64.3 Å². The van der Waals surface area contributed by atoms with Gasteiger partial charge in [0.25, 0.3) is 0 Å². The molecule has 10 heavy (non-hydrogen) atoms. The smallest absolute Gasteiger partial charge is 0.324 e. The molecule has 0 fully saturated rings. The maximum absolute atomic E-state index is 10.6. The number of carbonyl (C=O) groups excluding carboxylic acids is 1. The van der Waals surface area contributed by atoms with Gasteiger partial charge in [0.15, 0.2) is 0 Å². The number of hydrogen-bond donors (Lipinski definition) is 2. The molecule has 0 aliphatic heterocycles. The summed E-state index contributed by atoms with van der Waals surface area (Å²) in [6, 6.07) is 0. The molecular formula is C6H14N2O2. The summed E-state index contributed by atoms with van der Waals surface area (Å²) < 4.78 is 0. The highest BCUT2D eigenvalue weighted by atomic mass is 16.7. The summed E-state index contributed by atoms with van der Waals surface area (Å²) in [6.45, 7) is 3.02. The minimum atomic E-state index is -0.243. The molecule has 0 aromatic rings. The summed E-state index contributed by atoms with van der Waals surface area (Å²) >= 11 is 0. The molecule has 0 rings (SSSR count). The van der Waals surface area contributed by atoms with Crippen LogP contribution in [0.5, 0.6) is 0 Å². The molecule has 0 saturated heterocycles. The van der Waals surface area contributed by atoms with E-state index in [4.69, 9.17) is 5.73 Å². The molecule has 4 nitrogen and oxygen atoms in total. The van der Waals surface area contributed by atoms with Crippen molar-refractivity contribution < 1.29 is 9.63 Å². The molecule has 0 aliphatic rings. The van der Waals surface area contributed by atoms with Gasteiger partial charge in [0, 0.05) is 13.0 Å². The second kappa shape index (κ2) is 6.51. The Morgan fingerprint density at radius 1 is 1.70 bits per heavy atom. The van der Waals surface area contributed by atoms with E-state index in [1.54, 1.807) is 0 Å². The zero-order valence-electron chi connectivity index (χ0n) is 6.22. The summed E-state index contributed by atoms with van der Waals surface area (Å²) in [5, 5.41) is 0.